The van der Waals surface area contributed by atoms with E-state index < -0.39 is 0 Å². The Kier molecular flexibility index (Phi) is 7.67. The van der Waals surface area contributed by atoms with E-state index in [0.29, 0.717) is 47.9 Å². The smallest absolute Gasteiger partial charge is 0.279 e. The van der Waals surface area contributed by atoms with Gasteiger partial charge in [0.2, 0.25) is 0 Å². The zero-order chi connectivity index (χ0) is 23.9. The van der Waals surface area contributed by atoms with Crippen LogP contribution in [0, 0.1) is 0 Å². The van der Waals surface area contributed by atoms with Crippen LogP contribution in [0.4, 0.5) is 0 Å². The van der Waals surface area contributed by atoms with Gasteiger partial charge in [-0.15, -0.1) is 0 Å². The third kappa shape index (κ3) is 5.32. The third-order valence-corrected chi connectivity index (χ3v) is 6.30. The zero-order valence-corrected chi connectivity index (χ0v) is 20.0. The first-order chi connectivity index (χ1) is 16.6. The molecule has 0 aliphatic heterocycles. The molecule has 0 atom stereocenters. The van der Waals surface area contributed by atoms with Gasteiger partial charge in [0.25, 0.3) is 5.91 Å². The van der Waals surface area contributed by atoms with E-state index in [9.17, 15) is 9.59 Å². The highest BCUT2D eigenvalue weighted by Crippen LogP contribution is 2.23. The second kappa shape index (κ2) is 11.0. The number of ketones is 1. The molecule has 0 unspecified atom stereocenters. The molecule has 0 fully saturated rings. The van der Waals surface area contributed by atoms with Crippen LogP contribution in [0.2, 0.25) is 0 Å². The molecule has 6 nitrogen and oxygen atoms in total. The van der Waals surface area contributed by atoms with Gasteiger partial charge in [0.15, 0.2) is 10.6 Å². The van der Waals surface area contributed by atoms with E-state index in [0.717, 1.165) is 16.0 Å². The van der Waals surface area contributed by atoms with Crippen LogP contribution in [0.1, 0.15) is 40.1 Å². The highest BCUT2D eigenvalue weighted by molar-refractivity contribution is 7.16. The quantitative estimate of drug-likeness (QED) is 0.250. The lowest BCUT2D eigenvalue weighted by molar-refractivity contribution is 0.0993. The summed E-state index contributed by atoms with van der Waals surface area (Å²) in [6.07, 6.45) is 0. The second-order valence-corrected chi connectivity index (χ2v) is 8.49. The number of carbonyl (C=O) groups excluding carboxylic acids is 2. The van der Waals surface area contributed by atoms with Crippen molar-refractivity contribution in [2.75, 3.05) is 19.8 Å². The van der Waals surface area contributed by atoms with Gasteiger partial charge >= 0.3 is 0 Å². The molecular formula is C27H26N2O4S. The monoisotopic (exact) mass is 474 g/mol. The topological polar surface area (TPSA) is 69.9 Å². The Hall–Kier alpha value is -3.55. The van der Waals surface area contributed by atoms with Crippen molar-refractivity contribution in [2.24, 2.45) is 4.99 Å². The van der Waals surface area contributed by atoms with Gasteiger partial charge in [-0.05, 0) is 44.2 Å². The normalized spacial score (nSPS) is 11.6. The Bertz CT molecular complexity index is 1360. The van der Waals surface area contributed by atoms with Crippen LogP contribution < -0.4 is 9.54 Å². The molecular weight excluding hydrogens is 448 g/mol. The molecule has 174 valence electrons. The number of aromatic nitrogens is 1. The minimum Gasteiger partial charge on any atom is -0.494 e. The van der Waals surface area contributed by atoms with Crippen molar-refractivity contribution in [3.05, 3.63) is 94.3 Å². The lowest BCUT2D eigenvalue weighted by atomic mass is 10.0. The largest absolute Gasteiger partial charge is 0.494 e. The second-order valence-electron chi connectivity index (χ2n) is 7.49. The highest BCUT2D eigenvalue weighted by Gasteiger charge is 2.13. The molecule has 0 aliphatic carbocycles. The number of amides is 1. The van der Waals surface area contributed by atoms with Gasteiger partial charge < -0.3 is 14.0 Å². The third-order valence-electron chi connectivity index (χ3n) is 5.26. The Balaban J connectivity index is 1.64. The maximum Gasteiger partial charge on any atom is 0.279 e. The lowest BCUT2D eigenvalue weighted by Crippen LogP contribution is -2.19. The van der Waals surface area contributed by atoms with Crippen molar-refractivity contribution in [1.29, 1.82) is 0 Å². The summed E-state index contributed by atoms with van der Waals surface area (Å²) in [5.74, 6) is 0.338. The van der Waals surface area contributed by atoms with E-state index >= 15 is 0 Å². The van der Waals surface area contributed by atoms with Gasteiger partial charge in [-0.2, -0.15) is 4.99 Å². The summed E-state index contributed by atoms with van der Waals surface area (Å²) < 4.78 is 14.1. The van der Waals surface area contributed by atoms with E-state index in [2.05, 4.69) is 4.99 Å². The molecule has 4 rings (SSSR count). The molecule has 7 heteroatoms. The molecule has 0 saturated heterocycles. The fraction of sp³-hybridized carbons (Fsp3) is 0.222. The number of benzene rings is 3. The van der Waals surface area contributed by atoms with Gasteiger partial charge in [0.05, 0.1) is 23.4 Å². The molecule has 34 heavy (non-hydrogen) atoms. The van der Waals surface area contributed by atoms with Gasteiger partial charge in [-0.25, -0.2) is 0 Å². The summed E-state index contributed by atoms with van der Waals surface area (Å²) in [5.41, 5.74) is 2.54. The summed E-state index contributed by atoms with van der Waals surface area (Å²) in [5, 5.41) is 0. The molecule has 0 saturated carbocycles. The molecule has 0 N–H and O–H groups in total. The maximum absolute atomic E-state index is 13.0. The van der Waals surface area contributed by atoms with Crippen LogP contribution >= 0.6 is 11.3 Å². The molecule has 4 aromatic rings. The van der Waals surface area contributed by atoms with Gasteiger partial charge in [0.1, 0.15) is 5.75 Å². The average Bonchev–Trinajstić information content (AvgIpc) is 3.20. The number of thiazole rings is 1. The van der Waals surface area contributed by atoms with Crippen LogP contribution in [-0.4, -0.2) is 36.1 Å². The fourth-order valence-corrected chi connectivity index (χ4v) is 4.67. The summed E-state index contributed by atoms with van der Waals surface area (Å²) in [6.45, 7) is 6.20. The van der Waals surface area contributed by atoms with E-state index in [1.165, 1.54) is 11.3 Å². The number of ether oxygens (including phenoxy) is 2. The summed E-state index contributed by atoms with van der Waals surface area (Å²) >= 11 is 1.44. The minimum atomic E-state index is -0.361. The number of fused-ring (bicyclic) bond motifs is 1. The summed E-state index contributed by atoms with van der Waals surface area (Å²) in [7, 11) is 0. The first-order valence-corrected chi connectivity index (χ1v) is 12.0. The molecule has 1 heterocycles. The number of hydrogen-bond donors (Lipinski definition) is 0. The van der Waals surface area contributed by atoms with Crippen LogP contribution in [0.5, 0.6) is 5.75 Å². The van der Waals surface area contributed by atoms with E-state index in [1.807, 2.05) is 54.8 Å². The summed E-state index contributed by atoms with van der Waals surface area (Å²) in [6, 6.07) is 21.6. The van der Waals surface area contributed by atoms with E-state index in [4.69, 9.17) is 9.47 Å². The minimum absolute atomic E-state index is 0.0834. The van der Waals surface area contributed by atoms with Crippen molar-refractivity contribution in [2.45, 2.75) is 20.4 Å². The molecule has 0 aliphatic rings. The molecule has 1 amide bonds. The van der Waals surface area contributed by atoms with E-state index in [-0.39, 0.29) is 11.7 Å². The molecule has 3 aromatic carbocycles. The Morgan fingerprint density at radius 1 is 0.882 bits per heavy atom. The lowest BCUT2D eigenvalue weighted by Gasteiger charge is -2.06. The van der Waals surface area contributed by atoms with Gasteiger partial charge in [0, 0.05) is 29.8 Å². The van der Waals surface area contributed by atoms with Gasteiger partial charge in [-0.1, -0.05) is 53.8 Å². The SMILES string of the molecule is CCOCCn1c(=NC(=O)c2ccc(C(=O)c3ccccc3)cc2)sc2cc(OCC)ccc21. The first-order valence-electron chi connectivity index (χ1n) is 11.2. The van der Waals surface area contributed by atoms with Crippen LogP contribution in [0.25, 0.3) is 10.2 Å². The van der Waals surface area contributed by atoms with Crippen molar-refractivity contribution in [3.63, 3.8) is 0 Å². The van der Waals surface area contributed by atoms with Crippen molar-refractivity contribution in [1.82, 2.24) is 4.57 Å². The molecule has 0 bridgehead atoms. The number of rotatable bonds is 9. The fourth-order valence-electron chi connectivity index (χ4n) is 3.58. The first kappa shape index (κ1) is 23.6. The van der Waals surface area contributed by atoms with Crippen LogP contribution in [0.3, 0.4) is 0 Å². The predicted molar refractivity (Wildman–Crippen MR) is 134 cm³/mol. The number of nitrogens with zero attached hydrogens (tertiary/aromatic N) is 2. The Morgan fingerprint density at radius 2 is 1.59 bits per heavy atom. The Morgan fingerprint density at radius 3 is 2.29 bits per heavy atom. The Labute approximate surface area is 202 Å². The van der Waals surface area contributed by atoms with Crippen molar-refractivity contribution < 1.29 is 19.1 Å². The molecule has 1 aromatic heterocycles. The zero-order valence-electron chi connectivity index (χ0n) is 19.2. The van der Waals surface area contributed by atoms with Gasteiger partial charge in [-0.3, -0.25) is 9.59 Å². The average molecular weight is 475 g/mol. The predicted octanol–water partition coefficient (Wildman–Crippen LogP) is 5.11. The van der Waals surface area contributed by atoms with Crippen molar-refractivity contribution in [3.8, 4) is 5.75 Å². The van der Waals surface area contributed by atoms with Crippen LogP contribution in [0.15, 0.2) is 77.8 Å². The van der Waals surface area contributed by atoms with E-state index in [1.54, 1.807) is 36.4 Å². The van der Waals surface area contributed by atoms with Crippen molar-refractivity contribution >= 4 is 33.2 Å². The highest BCUT2D eigenvalue weighted by atomic mass is 32.1. The summed E-state index contributed by atoms with van der Waals surface area (Å²) in [4.78, 5) is 30.6. The number of hydrogen-bond acceptors (Lipinski definition) is 5. The molecule has 0 radical (unpaired) electrons. The maximum atomic E-state index is 13.0. The van der Waals surface area contributed by atoms with Crippen LogP contribution in [-0.2, 0) is 11.3 Å². The number of carbonyl (C=O) groups is 2. The standard InChI is InChI=1S/C27H26N2O4S/c1-3-32-17-16-29-23-15-14-22(33-4-2)18-24(23)34-27(29)28-26(31)21-12-10-20(11-13-21)25(30)19-8-6-5-7-9-19/h5-15,18H,3-4,16-17H2,1-2H3. The molecule has 0 spiro atoms.